The molecule has 0 aromatic carbocycles. The highest BCUT2D eigenvalue weighted by molar-refractivity contribution is 5.82. The first-order valence-electron chi connectivity index (χ1n) is 7.50. The van der Waals surface area contributed by atoms with Crippen LogP contribution in [0.25, 0.3) is 0 Å². The van der Waals surface area contributed by atoms with Crippen LogP contribution in [0.3, 0.4) is 0 Å². The number of hydrogen-bond acceptors (Lipinski definition) is 4. The fourth-order valence-corrected chi connectivity index (χ4v) is 2.69. The summed E-state index contributed by atoms with van der Waals surface area (Å²) in [6, 6.07) is -1.22. The number of amides is 2. The number of aliphatic hydroxyl groups excluding tert-OH is 1. The van der Waals surface area contributed by atoms with Crippen molar-refractivity contribution in [2.75, 3.05) is 26.9 Å². The lowest BCUT2D eigenvalue weighted by Crippen LogP contribution is -2.51. The Morgan fingerprint density at radius 3 is 2.57 bits per heavy atom. The first-order valence-corrected chi connectivity index (χ1v) is 7.50. The van der Waals surface area contributed by atoms with Crippen LogP contribution >= 0.6 is 0 Å². The van der Waals surface area contributed by atoms with E-state index in [9.17, 15) is 14.7 Å². The van der Waals surface area contributed by atoms with Crippen LogP contribution in [0.15, 0.2) is 0 Å². The van der Waals surface area contributed by atoms with Crippen LogP contribution in [0, 0.1) is 0 Å². The van der Waals surface area contributed by atoms with E-state index < -0.39 is 18.0 Å². The predicted molar refractivity (Wildman–Crippen MR) is 77.1 cm³/mol. The van der Waals surface area contributed by atoms with Gasteiger partial charge in [-0.25, -0.2) is 9.59 Å². The van der Waals surface area contributed by atoms with Gasteiger partial charge in [0.15, 0.2) is 0 Å². The van der Waals surface area contributed by atoms with Gasteiger partial charge in [-0.3, -0.25) is 0 Å². The van der Waals surface area contributed by atoms with E-state index in [1.807, 2.05) is 0 Å². The minimum Gasteiger partial charge on any atom is -0.480 e. The molecule has 0 heterocycles. The Kier molecular flexibility index (Phi) is 8.07. The lowest BCUT2D eigenvalue weighted by atomic mass is 10.1. The molecule has 1 aliphatic rings. The van der Waals surface area contributed by atoms with E-state index in [4.69, 9.17) is 9.84 Å². The van der Waals surface area contributed by atoms with E-state index in [1.54, 1.807) is 12.0 Å². The fourth-order valence-electron chi connectivity index (χ4n) is 2.69. The second-order valence-corrected chi connectivity index (χ2v) is 5.33. The summed E-state index contributed by atoms with van der Waals surface area (Å²) in [4.78, 5) is 25.1. The summed E-state index contributed by atoms with van der Waals surface area (Å²) in [5.41, 5.74) is 0. The zero-order chi connectivity index (χ0) is 15.7. The molecule has 0 aromatic heterocycles. The van der Waals surface area contributed by atoms with Crippen molar-refractivity contribution in [1.29, 1.82) is 0 Å². The van der Waals surface area contributed by atoms with Crippen LogP contribution in [0.5, 0.6) is 0 Å². The minimum absolute atomic E-state index is 0.102. The third-order valence-corrected chi connectivity index (χ3v) is 3.80. The van der Waals surface area contributed by atoms with Crippen molar-refractivity contribution < 1.29 is 24.5 Å². The molecule has 0 saturated heterocycles. The number of carboxylic acid groups (broad SMARTS) is 1. The second-order valence-electron chi connectivity index (χ2n) is 5.33. The van der Waals surface area contributed by atoms with Crippen LogP contribution in [0.2, 0.25) is 0 Å². The number of nitrogens with zero attached hydrogens (tertiary/aromatic N) is 1. The highest BCUT2D eigenvalue weighted by Gasteiger charge is 2.29. The van der Waals surface area contributed by atoms with Crippen LogP contribution in [-0.4, -0.2) is 66.1 Å². The predicted octanol–water partition coefficient (Wildman–Crippen LogP) is 0.813. The number of aliphatic hydroxyl groups is 1. The van der Waals surface area contributed by atoms with Crippen molar-refractivity contribution in [3.8, 4) is 0 Å². The number of ether oxygens (including phenoxy) is 1. The van der Waals surface area contributed by atoms with Crippen molar-refractivity contribution >= 4 is 12.0 Å². The molecule has 0 aromatic rings. The van der Waals surface area contributed by atoms with Gasteiger partial charge in [0.25, 0.3) is 0 Å². The Morgan fingerprint density at radius 2 is 2.05 bits per heavy atom. The van der Waals surface area contributed by atoms with Crippen LogP contribution in [0.1, 0.15) is 38.5 Å². The van der Waals surface area contributed by atoms with E-state index in [0.29, 0.717) is 19.4 Å². The monoisotopic (exact) mass is 302 g/mol. The van der Waals surface area contributed by atoms with Crippen molar-refractivity contribution in [2.45, 2.75) is 50.6 Å². The Hall–Kier alpha value is -1.34. The maximum Gasteiger partial charge on any atom is 0.326 e. The Balaban J connectivity index is 2.57. The zero-order valence-electron chi connectivity index (χ0n) is 12.6. The van der Waals surface area contributed by atoms with Gasteiger partial charge in [0.1, 0.15) is 6.04 Å². The molecule has 1 atom stereocenters. The summed E-state index contributed by atoms with van der Waals surface area (Å²) >= 11 is 0. The van der Waals surface area contributed by atoms with Gasteiger partial charge in [-0.1, -0.05) is 12.8 Å². The summed E-state index contributed by atoms with van der Waals surface area (Å²) in [6.45, 7) is 0.578. The van der Waals surface area contributed by atoms with E-state index in [0.717, 1.165) is 25.7 Å². The van der Waals surface area contributed by atoms with Gasteiger partial charge in [-0.2, -0.15) is 0 Å². The standard InChI is InChI=1S/C14H26N2O5/c1-21-10-4-7-12(13(18)19)15-14(20)16(8-9-17)11-5-2-3-6-11/h11-12,17H,2-10H2,1H3,(H,15,20)(H,18,19). The molecule has 7 nitrogen and oxygen atoms in total. The molecule has 1 aliphatic carbocycles. The average molecular weight is 302 g/mol. The van der Waals surface area contributed by atoms with Crippen molar-refractivity contribution in [3.05, 3.63) is 0 Å². The number of carbonyl (C=O) groups excluding carboxylic acids is 1. The number of hydrogen-bond donors (Lipinski definition) is 3. The molecular weight excluding hydrogens is 276 g/mol. The van der Waals surface area contributed by atoms with Gasteiger partial charge in [0.05, 0.1) is 6.61 Å². The molecule has 3 N–H and O–H groups in total. The number of methoxy groups -OCH3 is 1. The SMILES string of the molecule is COCCCC(NC(=O)N(CCO)C1CCCC1)C(=O)O. The normalized spacial score (nSPS) is 16.7. The van der Waals surface area contributed by atoms with E-state index in [1.165, 1.54) is 0 Å². The molecule has 0 spiro atoms. The number of aliphatic carboxylic acids is 1. The number of nitrogens with one attached hydrogen (secondary N) is 1. The van der Waals surface area contributed by atoms with Crippen molar-refractivity contribution in [2.24, 2.45) is 0 Å². The smallest absolute Gasteiger partial charge is 0.326 e. The molecular formula is C14H26N2O5. The first kappa shape index (κ1) is 17.7. The zero-order valence-corrected chi connectivity index (χ0v) is 12.6. The van der Waals surface area contributed by atoms with Crippen LogP contribution < -0.4 is 5.32 Å². The summed E-state index contributed by atoms with van der Waals surface area (Å²) in [7, 11) is 1.55. The number of carbonyl (C=O) groups is 2. The van der Waals surface area contributed by atoms with Gasteiger partial charge in [0, 0.05) is 26.3 Å². The van der Waals surface area contributed by atoms with E-state index in [-0.39, 0.29) is 19.2 Å². The third-order valence-electron chi connectivity index (χ3n) is 3.80. The fraction of sp³-hybridized carbons (Fsp3) is 0.857. The van der Waals surface area contributed by atoms with Crippen LogP contribution in [-0.2, 0) is 9.53 Å². The Morgan fingerprint density at radius 1 is 1.38 bits per heavy atom. The molecule has 1 unspecified atom stereocenters. The van der Waals surface area contributed by atoms with Gasteiger partial charge >= 0.3 is 12.0 Å². The Labute approximate surface area is 125 Å². The molecule has 122 valence electrons. The largest absolute Gasteiger partial charge is 0.480 e. The first-order chi connectivity index (χ1) is 10.1. The highest BCUT2D eigenvalue weighted by Crippen LogP contribution is 2.23. The Bertz CT molecular complexity index is 331. The third kappa shape index (κ3) is 5.89. The second kappa shape index (κ2) is 9.57. The quantitative estimate of drug-likeness (QED) is 0.547. The molecule has 0 bridgehead atoms. The number of urea groups is 1. The van der Waals surface area contributed by atoms with E-state index in [2.05, 4.69) is 5.32 Å². The molecule has 2 amide bonds. The molecule has 7 heteroatoms. The van der Waals surface area contributed by atoms with Crippen molar-refractivity contribution in [3.63, 3.8) is 0 Å². The van der Waals surface area contributed by atoms with Gasteiger partial charge in [-0.15, -0.1) is 0 Å². The lowest BCUT2D eigenvalue weighted by Gasteiger charge is -2.29. The molecule has 1 fully saturated rings. The maximum absolute atomic E-state index is 12.3. The summed E-state index contributed by atoms with van der Waals surface area (Å²) < 4.78 is 4.90. The van der Waals surface area contributed by atoms with Crippen LogP contribution in [0.4, 0.5) is 4.79 Å². The van der Waals surface area contributed by atoms with Gasteiger partial charge in [-0.05, 0) is 25.7 Å². The molecule has 1 saturated carbocycles. The molecule has 1 rings (SSSR count). The molecule has 0 radical (unpaired) electrons. The molecule has 0 aliphatic heterocycles. The summed E-state index contributed by atoms with van der Waals surface area (Å²) in [5, 5.41) is 20.8. The highest BCUT2D eigenvalue weighted by atomic mass is 16.5. The molecule has 21 heavy (non-hydrogen) atoms. The van der Waals surface area contributed by atoms with Crippen molar-refractivity contribution in [1.82, 2.24) is 10.2 Å². The average Bonchev–Trinajstić information content (AvgIpc) is 2.97. The summed E-state index contributed by atoms with van der Waals surface area (Å²) in [5.74, 6) is -1.05. The van der Waals surface area contributed by atoms with Gasteiger partial charge in [0.2, 0.25) is 0 Å². The lowest BCUT2D eigenvalue weighted by molar-refractivity contribution is -0.139. The maximum atomic E-state index is 12.3. The van der Waals surface area contributed by atoms with E-state index >= 15 is 0 Å². The topological polar surface area (TPSA) is 99.1 Å². The van der Waals surface area contributed by atoms with Gasteiger partial charge < -0.3 is 25.2 Å². The minimum atomic E-state index is -1.05. The number of rotatable bonds is 9. The summed E-state index contributed by atoms with van der Waals surface area (Å²) in [6.07, 6.45) is 4.85. The number of carboxylic acids is 1.